The Morgan fingerprint density at radius 3 is 2.89 bits per heavy atom. The number of aromatic nitrogens is 4. The van der Waals surface area contributed by atoms with Gasteiger partial charge in [0.1, 0.15) is 0 Å². The first-order valence-corrected chi connectivity index (χ1v) is 10.2. The summed E-state index contributed by atoms with van der Waals surface area (Å²) in [6, 6.07) is 3.83. The fourth-order valence-electron chi connectivity index (χ4n) is 2.94. The molecule has 1 amide bonds. The molecule has 142 valence electrons. The topological polar surface area (TPSA) is 72.7 Å². The molecule has 27 heavy (non-hydrogen) atoms. The van der Waals surface area contributed by atoms with Crippen molar-refractivity contribution in [3.05, 3.63) is 48.5 Å². The molecule has 0 aromatic carbocycles. The molecule has 0 spiro atoms. The number of carbonyl (C=O) groups excluding carboxylic acids is 1. The van der Waals surface area contributed by atoms with Gasteiger partial charge in [-0.3, -0.25) is 9.78 Å². The summed E-state index contributed by atoms with van der Waals surface area (Å²) in [7, 11) is 0. The van der Waals surface area contributed by atoms with Crippen LogP contribution < -0.4 is 5.32 Å². The fraction of sp³-hybridized carbons (Fsp3) is 0.400. The highest BCUT2D eigenvalue weighted by atomic mass is 32.2. The smallest absolute Gasteiger partial charge is 0.234 e. The lowest BCUT2D eigenvalue weighted by Gasteiger charge is -2.19. The van der Waals surface area contributed by atoms with Gasteiger partial charge in [0.2, 0.25) is 5.91 Å². The molecular weight excluding hydrogens is 358 g/mol. The highest BCUT2D eigenvalue weighted by molar-refractivity contribution is 7.99. The van der Waals surface area contributed by atoms with Crippen molar-refractivity contribution in [1.29, 1.82) is 0 Å². The summed E-state index contributed by atoms with van der Waals surface area (Å²) >= 11 is 1.39. The number of thioether (sulfide) groups is 1. The van der Waals surface area contributed by atoms with E-state index in [0.29, 0.717) is 17.6 Å². The van der Waals surface area contributed by atoms with E-state index in [1.54, 1.807) is 12.4 Å². The molecule has 0 aliphatic heterocycles. The Kier molecular flexibility index (Phi) is 6.45. The molecule has 3 rings (SSSR count). The molecule has 1 N–H and O–H groups in total. The van der Waals surface area contributed by atoms with Gasteiger partial charge in [-0.2, -0.15) is 0 Å². The van der Waals surface area contributed by atoms with E-state index in [-0.39, 0.29) is 5.91 Å². The number of pyridine rings is 1. The van der Waals surface area contributed by atoms with Crippen molar-refractivity contribution in [2.45, 2.75) is 38.9 Å². The van der Waals surface area contributed by atoms with Crippen LogP contribution in [0, 0.1) is 11.8 Å². The largest absolute Gasteiger partial charge is 0.326 e. The van der Waals surface area contributed by atoms with E-state index in [4.69, 9.17) is 0 Å². The highest BCUT2D eigenvalue weighted by Crippen LogP contribution is 2.24. The van der Waals surface area contributed by atoms with E-state index in [1.807, 2.05) is 29.7 Å². The monoisotopic (exact) mass is 383 g/mol. The summed E-state index contributed by atoms with van der Waals surface area (Å²) in [6.45, 7) is 7.20. The Morgan fingerprint density at radius 2 is 2.26 bits per heavy atom. The Hall–Kier alpha value is -2.41. The molecular formula is C20H25N5OS. The summed E-state index contributed by atoms with van der Waals surface area (Å²) in [6.07, 6.45) is 10.8. The minimum Gasteiger partial charge on any atom is -0.326 e. The van der Waals surface area contributed by atoms with Gasteiger partial charge >= 0.3 is 0 Å². The van der Waals surface area contributed by atoms with Crippen molar-refractivity contribution in [2.24, 2.45) is 11.8 Å². The van der Waals surface area contributed by atoms with Crippen molar-refractivity contribution in [1.82, 2.24) is 25.1 Å². The first kappa shape index (κ1) is 19.4. The Morgan fingerprint density at radius 1 is 1.41 bits per heavy atom. The lowest BCUT2D eigenvalue weighted by molar-refractivity contribution is -0.117. The average molecular weight is 384 g/mol. The second-order valence-electron chi connectivity index (χ2n) is 6.79. The van der Waals surface area contributed by atoms with E-state index in [9.17, 15) is 4.79 Å². The molecule has 0 saturated heterocycles. The van der Waals surface area contributed by atoms with Crippen LogP contribution >= 0.6 is 11.8 Å². The average Bonchev–Trinajstić information content (AvgIpc) is 3.10. The van der Waals surface area contributed by atoms with Crippen LogP contribution in [0.1, 0.15) is 27.2 Å². The maximum Gasteiger partial charge on any atom is 0.234 e. The molecule has 0 unspecified atom stereocenters. The normalized spacial score (nSPS) is 16.4. The summed E-state index contributed by atoms with van der Waals surface area (Å²) in [5, 5.41) is 12.2. The number of nitrogens with one attached hydrogen (secondary N) is 1. The third kappa shape index (κ3) is 4.86. The zero-order chi connectivity index (χ0) is 19.2. The maximum absolute atomic E-state index is 12.3. The van der Waals surface area contributed by atoms with Crippen molar-refractivity contribution in [3.63, 3.8) is 0 Å². The van der Waals surface area contributed by atoms with Crippen LogP contribution in [0.2, 0.25) is 0 Å². The molecule has 2 aromatic heterocycles. The SMILES string of the molecule is CCn1c(SCC(=O)NC2=CC[C@H](C(C)C)C=C2)nnc1-c1cccnc1. The molecule has 0 bridgehead atoms. The molecule has 0 radical (unpaired) electrons. The predicted octanol–water partition coefficient (Wildman–Crippen LogP) is 3.68. The number of hydrogen-bond donors (Lipinski definition) is 1. The van der Waals surface area contributed by atoms with Crippen molar-refractivity contribution >= 4 is 17.7 Å². The second-order valence-corrected chi connectivity index (χ2v) is 7.73. The summed E-state index contributed by atoms with van der Waals surface area (Å²) in [5.41, 5.74) is 1.80. The minimum atomic E-state index is -0.0347. The quantitative estimate of drug-likeness (QED) is 0.738. The molecule has 7 heteroatoms. The first-order chi connectivity index (χ1) is 13.1. The van der Waals surface area contributed by atoms with Gasteiger partial charge in [-0.25, -0.2) is 0 Å². The lowest BCUT2D eigenvalue weighted by Crippen LogP contribution is -2.25. The van der Waals surface area contributed by atoms with Gasteiger partial charge in [0.15, 0.2) is 11.0 Å². The van der Waals surface area contributed by atoms with Gasteiger partial charge in [-0.1, -0.05) is 37.8 Å². The van der Waals surface area contributed by atoms with Crippen LogP contribution in [0.25, 0.3) is 11.4 Å². The van der Waals surface area contributed by atoms with Crippen LogP contribution in [-0.2, 0) is 11.3 Å². The van der Waals surface area contributed by atoms with E-state index < -0.39 is 0 Å². The molecule has 2 aromatic rings. The Balaban J connectivity index is 1.58. The standard InChI is InChI=1S/C20H25N5OS/c1-4-25-19(16-6-5-11-21-12-16)23-24-20(25)27-13-18(26)22-17-9-7-15(8-10-17)14(2)3/h5-7,9-12,14-15H,4,8,13H2,1-3H3,(H,22,26)/t15-/m1/s1. The molecule has 1 atom stereocenters. The van der Waals surface area contributed by atoms with Gasteiger partial charge in [0.05, 0.1) is 5.75 Å². The maximum atomic E-state index is 12.3. The second kappa shape index (κ2) is 8.99. The van der Waals surface area contributed by atoms with Crippen LogP contribution in [0.5, 0.6) is 0 Å². The van der Waals surface area contributed by atoms with Crippen LogP contribution in [0.15, 0.2) is 53.6 Å². The summed E-state index contributed by atoms with van der Waals surface area (Å²) in [4.78, 5) is 16.4. The fourth-order valence-corrected chi connectivity index (χ4v) is 3.74. The van der Waals surface area contributed by atoms with Gasteiger partial charge < -0.3 is 9.88 Å². The van der Waals surface area contributed by atoms with Crippen LogP contribution in [0.3, 0.4) is 0 Å². The van der Waals surface area contributed by atoms with Crippen molar-refractivity contribution < 1.29 is 4.79 Å². The molecule has 1 aliphatic carbocycles. The Labute approximate surface area is 164 Å². The van der Waals surface area contributed by atoms with E-state index >= 15 is 0 Å². The predicted molar refractivity (Wildman–Crippen MR) is 108 cm³/mol. The van der Waals surface area contributed by atoms with E-state index in [2.05, 4.69) is 46.5 Å². The van der Waals surface area contributed by atoms with Crippen molar-refractivity contribution in [2.75, 3.05) is 5.75 Å². The number of hydrogen-bond acceptors (Lipinski definition) is 5. The number of rotatable bonds is 7. The number of amides is 1. The molecule has 1 aliphatic rings. The van der Waals surface area contributed by atoms with E-state index in [1.165, 1.54) is 11.8 Å². The molecule has 2 heterocycles. The lowest BCUT2D eigenvalue weighted by atomic mass is 9.89. The van der Waals surface area contributed by atoms with Gasteiger partial charge in [0.25, 0.3) is 0 Å². The molecule has 6 nitrogen and oxygen atoms in total. The van der Waals surface area contributed by atoms with Gasteiger partial charge in [0, 0.05) is 30.2 Å². The summed E-state index contributed by atoms with van der Waals surface area (Å²) < 4.78 is 2.00. The van der Waals surface area contributed by atoms with Gasteiger partial charge in [-0.05, 0) is 43.4 Å². The van der Waals surface area contributed by atoms with Crippen molar-refractivity contribution in [3.8, 4) is 11.4 Å². The highest BCUT2D eigenvalue weighted by Gasteiger charge is 2.16. The summed E-state index contributed by atoms with van der Waals surface area (Å²) in [5.74, 6) is 2.19. The zero-order valence-corrected chi connectivity index (χ0v) is 16.7. The van der Waals surface area contributed by atoms with Crippen LogP contribution in [0.4, 0.5) is 0 Å². The van der Waals surface area contributed by atoms with Gasteiger partial charge in [-0.15, -0.1) is 10.2 Å². The molecule has 0 fully saturated rings. The van der Waals surface area contributed by atoms with E-state index in [0.717, 1.165) is 35.2 Å². The number of allylic oxidation sites excluding steroid dienone is 3. The first-order valence-electron chi connectivity index (χ1n) is 9.23. The minimum absolute atomic E-state index is 0.0347. The molecule has 0 saturated carbocycles. The number of nitrogens with zero attached hydrogens (tertiary/aromatic N) is 4. The zero-order valence-electron chi connectivity index (χ0n) is 15.9. The van der Waals surface area contributed by atoms with Crippen LogP contribution in [-0.4, -0.2) is 31.4 Å². The third-order valence-corrected chi connectivity index (χ3v) is 5.52. The number of carbonyl (C=O) groups is 1. The Bertz CT molecular complexity index is 841. The third-order valence-electron chi connectivity index (χ3n) is 4.56.